The van der Waals surface area contributed by atoms with Crippen molar-refractivity contribution in [1.29, 1.82) is 0 Å². The number of nitrogens with zero attached hydrogens (tertiary/aromatic N) is 1. The Morgan fingerprint density at radius 3 is 2.67 bits per heavy atom. The Labute approximate surface area is 119 Å². The van der Waals surface area contributed by atoms with Gasteiger partial charge in [0.2, 0.25) is 0 Å². The highest BCUT2D eigenvalue weighted by molar-refractivity contribution is 7.99. The molecule has 0 radical (unpaired) electrons. The lowest BCUT2D eigenvalue weighted by Crippen LogP contribution is -2.20. The van der Waals surface area contributed by atoms with Crippen LogP contribution in [0.1, 0.15) is 18.0 Å². The topological polar surface area (TPSA) is 29.3 Å². The van der Waals surface area contributed by atoms with Gasteiger partial charge in [-0.05, 0) is 56.1 Å². The molecule has 1 aromatic carbocycles. The lowest BCUT2D eigenvalue weighted by molar-refractivity contribution is 0.310. The molecule has 0 amide bonds. The molecule has 1 fully saturated rings. The van der Waals surface area contributed by atoms with E-state index in [0.29, 0.717) is 12.0 Å². The summed E-state index contributed by atoms with van der Waals surface area (Å²) in [6.45, 7) is 1.93. The van der Waals surface area contributed by atoms with Crippen molar-refractivity contribution >= 4 is 23.5 Å². The van der Waals surface area contributed by atoms with Crippen molar-refractivity contribution < 1.29 is 0 Å². The van der Waals surface area contributed by atoms with Gasteiger partial charge in [-0.2, -0.15) is 0 Å². The van der Waals surface area contributed by atoms with Gasteiger partial charge < -0.3 is 5.73 Å². The van der Waals surface area contributed by atoms with Crippen molar-refractivity contribution in [3.05, 3.63) is 23.8 Å². The molecule has 0 aliphatic carbocycles. The molecule has 0 bridgehead atoms. The van der Waals surface area contributed by atoms with Gasteiger partial charge in [0.15, 0.2) is 0 Å². The van der Waals surface area contributed by atoms with Crippen molar-refractivity contribution in [2.75, 3.05) is 32.6 Å². The van der Waals surface area contributed by atoms with E-state index >= 15 is 0 Å². The highest BCUT2D eigenvalue weighted by Crippen LogP contribution is 2.39. The molecule has 1 heterocycles. The first kappa shape index (κ1) is 14.3. The molecular formula is C14H22N2S2. The van der Waals surface area contributed by atoms with Crippen LogP contribution in [-0.2, 0) is 0 Å². The third kappa shape index (κ3) is 2.87. The molecule has 100 valence electrons. The molecule has 2 unspecified atom stereocenters. The molecule has 1 saturated heterocycles. The van der Waals surface area contributed by atoms with Crippen LogP contribution in [0.4, 0.5) is 0 Å². The molecule has 1 aromatic rings. The molecular weight excluding hydrogens is 260 g/mol. The maximum atomic E-state index is 5.82. The molecule has 1 aliphatic heterocycles. The van der Waals surface area contributed by atoms with Gasteiger partial charge in [-0.3, -0.25) is 4.90 Å². The fraction of sp³-hybridized carbons (Fsp3) is 0.571. The average Bonchev–Trinajstić information content (AvgIpc) is 2.79. The predicted octanol–water partition coefficient (Wildman–Crippen LogP) is 3.08. The summed E-state index contributed by atoms with van der Waals surface area (Å²) in [5, 5.41) is 0. The van der Waals surface area contributed by atoms with Crippen molar-refractivity contribution in [3.63, 3.8) is 0 Å². The van der Waals surface area contributed by atoms with Crippen molar-refractivity contribution in [2.45, 2.75) is 22.3 Å². The van der Waals surface area contributed by atoms with Gasteiger partial charge in [0.1, 0.15) is 0 Å². The average molecular weight is 282 g/mol. The highest BCUT2D eigenvalue weighted by atomic mass is 32.2. The van der Waals surface area contributed by atoms with E-state index in [0.717, 1.165) is 13.1 Å². The van der Waals surface area contributed by atoms with Gasteiger partial charge in [-0.1, -0.05) is 6.07 Å². The van der Waals surface area contributed by atoms with Gasteiger partial charge in [-0.15, -0.1) is 23.5 Å². The van der Waals surface area contributed by atoms with Crippen molar-refractivity contribution in [2.24, 2.45) is 11.7 Å². The Morgan fingerprint density at radius 2 is 2.11 bits per heavy atom. The predicted molar refractivity (Wildman–Crippen MR) is 82.5 cm³/mol. The Kier molecular flexibility index (Phi) is 5.01. The molecule has 1 aliphatic rings. The van der Waals surface area contributed by atoms with Gasteiger partial charge in [0.25, 0.3) is 0 Å². The number of thioether (sulfide) groups is 2. The fourth-order valence-corrected chi connectivity index (χ4v) is 3.93. The summed E-state index contributed by atoms with van der Waals surface area (Å²) in [6.07, 6.45) is 5.49. The number of nitrogens with two attached hydrogens (primary N) is 1. The Hall–Kier alpha value is -0.160. The van der Waals surface area contributed by atoms with Crippen LogP contribution in [0.25, 0.3) is 0 Å². The number of hydrogen-bond acceptors (Lipinski definition) is 4. The number of benzene rings is 1. The number of hydrogen-bond donors (Lipinski definition) is 1. The molecule has 4 heteroatoms. The first-order valence-electron chi connectivity index (χ1n) is 6.31. The van der Waals surface area contributed by atoms with Crippen LogP contribution >= 0.6 is 23.5 Å². The lowest BCUT2D eigenvalue weighted by Gasteiger charge is -2.22. The van der Waals surface area contributed by atoms with Gasteiger partial charge >= 0.3 is 0 Å². The SMILES string of the molecule is CSc1ccc(C2CC(CN)CN2C)c(SC)c1. The summed E-state index contributed by atoms with van der Waals surface area (Å²) < 4.78 is 0. The summed E-state index contributed by atoms with van der Waals surface area (Å²) in [4.78, 5) is 5.21. The Balaban J connectivity index is 2.27. The second kappa shape index (κ2) is 6.33. The van der Waals surface area contributed by atoms with Crippen LogP contribution in [0.2, 0.25) is 0 Å². The van der Waals surface area contributed by atoms with Crippen LogP contribution in [-0.4, -0.2) is 37.5 Å². The molecule has 2 N–H and O–H groups in total. The maximum absolute atomic E-state index is 5.82. The minimum atomic E-state index is 0.539. The summed E-state index contributed by atoms with van der Waals surface area (Å²) in [6, 6.07) is 7.40. The third-order valence-corrected chi connectivity index (χ3v) is 5.29. The first-order chi connectivity index (χ1) is 8.69. The van der Waals surface area contributed by atoms with Crippen LogP contribution in [0, 0.1) is 5.92 Å². The zero-order valence-corrected chi connectivity index (χ0v) is 13.0. The number of rotatable bonds is 4. The van der Waals surface area contributed by atoms with Crippen molar-refractivity contribution in [3.8, 4) is 0 Å². The van der Waals surface area contributed by atoms with Gasteiger partial charge in [-0.25, -0.2) is 0 Å². The third-order valence-electron chi connectivity index (χ3n) is 3.77. The van der Waals surface area contributed by atoms with Crippen LogP contribution < -0.4 is 5.73 Å². The molecule has 2 atom stereocenters. The second-order valence-electron chi connectivity index (χ2n) is 4.90. The number of likely N-dealkylation sites (tertiary alicyclic amines) is 1. The van der Waals surface area contributed by atoms with E-state index in [-0.39, 0.29) is 0 Å². The van der Waals surface area contributed by atoms with Crippen LogP contribution in [0.5, 0.6) is 0 Å². The monoisotopic (exact) mass is 282 g/mol. The van der Waals surface area contributed by atoms with E-state index in [9.17, 15) is 0 Å². The molecule has 18 heavy (non-hydrogen) atoms. The smallest absolute Gasteiger partial charge is 0.0359 e. The van der Waals surface area contributed by atoms with E-state index in [2.05, 4.69) is 42.7 Å². The van der Waals surface area contributed by atoms with E-state index in [1.807, 2.05) is 23.5 Å². The summed E-state index contributed by atoms with van der Waals surface area (Å²) >= 11 is 3.66. The fourth-order valence-electron chi connectivity index (χ4n) is 2.73. The first-order valence-corrected chi connectivity index (χ1v) is 8.76. The zero-order chi connectivity index (χ0) is 13.1. The molecule has 0 aromatic heterocycles. The normalized spacial score (nSPS) is 24.7. The molecule has 2 rings (SSSR count). The minimum absolute atomic E-state index is 0.539. The second-order valence-corrected chi connectivity index (χ2v) is 6.63. The maximum Gasteiger partial charge on any atom is 0.0359 e. The zero-order valence-electron chi connectivity index (χ0n) is 11.3. The minimum Gasteiger partial charge on any atom is -0.330 e. The van der Waals surface area contributed by atoms with Gasteiger partial charge in [0.05, 0.1) is 0 Å². The lowest BCUT2D eigenvalue weighted by atomic mass is 10.00. The molecule has 2 nitrogen and oxygen atoms in total. The van der Waals surface area contributed by atoms with E-state index in [1.165, 1.54) is 21.8 Å². The van der Waals surface area contributed by atoms with E-state index < -0.39 is 0 Å². The Morgan fingerprint density at radius 1 is 1.33 bits per heavy atom. The van der Waals surface area contributed by atoms with E-state index in [1.54, 1.807) is 0 Å². The standard InChI is InChI=1S/C14H22N2S2/c1-16-9-10(8-15)6-13(16)12-5-4-11(17-2)7-14(12)18-3/h4-5,7,10,13H,6,8-9,15H2,1-3H3. The summed E-state index contributed by atoms with van der Waals surface area (Å²) in [7, 11) is 2.22. The Bertz CT molecular complexity index is 409. The van der Waals surface area contributed by atoms with E-state index in [4.69, 9.17) is 5.73 Å². The van der Waals surface area contributed by atoms with Gasteiger partial charge in [0, 0.05) is 22.4 Å². The largest absolute Gasteiger partial charge is 0.330 e. The quantitative estimate of drug-likeness (QED) is 0.859. The summed E-state index contributed by atoms with van der Waals surface area (Å²) in [5.41, 5.74) is 7.29. The van der Waals surface area contributed by atoms with Crippen LogP contribution in [0.3, 0.4) is 0 Å². The molecule has 0 saturated carbocycles. The molecule has 0 spiro atoms. The van der Waals surface area contributed by atoms with Crippen LogP contribution in [0.15, 0.2) is 28.0 Å². The highest BCUT2D eigenvalue weighted by Gasteiger charge is 2.30. The summed E-state index contributed by atoms with van der Waals surface area (Å²) in [5.74, 6) is 0.648. The van der Waals surface area contributed by atoms with Crippen molar-refractivity contribution in [1.82, 2.24) is 4.90 Å².